The minimum Gasteiger partial charge on any atom is -0.455 e. The zero-order chi connectivity index (χ0) is 18.8. The molecule has 1 heterocycles. The van der Waals surface area contributed by atoms with E-state index in [0.29, 0.717) is 16.3 Å². The monoisotopic (exact) mass is 386 g/mol. The summed E-state index contributed by atoms with van der Waals surface area (Å²) >= 11 is 5.88. The summed E-state index contributed by atoms with van der Waals surface area (Å²) in [5, 5.41) is 3.94. The number of rotatable bonds is 4. The number of halogens is 6. The van der Waals surface area contributed by atoms with Crippen LogP contribution in [-0.2, 0) is 0 Å². The highest BCUT2D eigenvalue weighted by molar-refractivity contribution is 6.30. The lowest BCUT2D eigenvalue weighted by atomic mass is 10.2. The summed E-state index contributed by atoms with van der Waals surface area (Å²) < 4.78 is 71.6. The Balaban J connectivity index is 1.81. The van der Waals surface area contributed by atoms with Gasteiger partial charge in [0.2, 0.25) is 5.82 Å². The molecule has 0 radical (unpaired) electrons. The molecule has 0 fully saturated rings. The van der Waals surface area contributed by atoms with Crippen molar-refractivity contribution < 1.29 is 26.4 Å². The van der Waals surface area contributed by atoms with Crippen LogP contribution in [0, 0.1) is 29.1 Å². The highest BCUT2D eigenvalue weighted by atomic mass is 35.5. The number of benzene rings is 2. The number of nitrogens with zero attached hydrogens (tertiary/aromatic N) is 1. The zero-order valence-electron chi connectivity index (χ0n) is 12.7. The van der Waals surface area contributed by atoms with Gasteiger partial charge in [-0.3, -0.25) is 5.43 Å². The van der Waals surface area contributed by atoms with Gasteiger partial charge in [-0.15, -0.1) is 0 Å². The number of hydrogen-bond acceptors (Lipinski definition) is 3. The Hall–Kier alpha value is -2.87. The molecule has 3 rings (SSSR count). The van der Waals surface area contributed by atoms with Crippen LogP contribution in [-0.4, -0.2) is 6.21 Å². The fourth-order valence-electron chi connectivity index (χ4n) is 2.08. The second-order valence-electron chi connectivity index (χ2n) is 5.03. The Morgan fingerprint density at radius 2 is 1.54 bits per heavy atom. The molecule has 3 nitrogen and oxygen atoms in total. The van der Waals surface area contributed by atoms with E-state index in [-0.39, 0.29) is 5.76 Å². The molecule has 0 aliphatic carbocycles. The Bertz CT molecular complexity index is 974. The Labute approximate surface area is 148 Å². The smallest absolute Gasteiger partial charge is 0.200 e. The van der Waals surface area contributed by atoms with Gasteiger partial charge in [0.05, 0.1) is 6.21 Å². The first-order chi connectivity index (χ1) is 12.4. The maximum atomic E-state index is 13.5. The predicted octanol–water partition coefficient (Wildman–Crippen LogP) is 5.74. The first kappa shape index (κ1) is 17.9. The van der Waals surface area contributed by atoms with Crippen molar-refractivity contribution in [1.29, 1.82) is 0 Å². The molecule has 26 heavy (non-hydrogen) atoms. The van der Waals surface area contributed by atoms with E-state index in [0.717, 1.165) is 6.21 Å². The van der Waals surface area contributed by atoms with Crippen molar-refractivity contribution in [3.63, 3.8) is 0 Å². The largest absolute Gasteiger partial charge is 0.455 e. The van der Waals surface area contributed by atoms with E-state index in [1.807, 2.05) is 0 Å². The minimum absolute atomic E-state index is 0.177. The highest BCUT2D eigenvalue weighted by Crippen LogP contribution is 2.27. The molecular formula is C17H8ClF5N2O. The quantitative estimate of drug-likeness (QED) is 0.204. The Morgan fingerprint density at radius 3 is 2.19 bits per heavy atom. The topological polar surface area (TPSA) is 37.5 Å². The van der Waals surface area contributed by atoms with Gasteiger partial charge in [-0.1, -0.05) is 23.7 Å². The molecule has 2 aromatic carbocycles. The average molecular weight is 387 g/mol. The maximum absolute atomic E-state index is 13.5. The van der Waals surface area contributed by atoms with Crippen LogP contribution in [0.15, 0.2) is 45.9 Å². The van der Waals surface area contributed by atoms with Crippen LogP contribution in [0.5, 0.6) is 0 Å². The molecule has 0 atom stereocenters. The van der Waals surface area contributed by atoms with Crippen molar-refractivity contribution in [3.8, 4) is 11.3 Å². The van der Waals surface area contributed by atoms with E-state index < -0.39 is 34.8 Å². The van der Waals surface area contributed by atoms with Crippen LogP contribution in [0.3, 0.4) is 0 Å². The van der Waals surface area contributed by atoms with Gasteiger partial charge in [0.1, 0.15) is 17.2 Å². The van der Waals surface area contributed by atoms with E-state index in [1.54, 1.807) is 35.8 Å². The second-order valence-corrected chi connectivity index (χ2v) is 5.46. The zero-order valence-corrected chi connectivity index (χ0v) is 13.4. The minimum atomic E-state index is -2.24. The molecule has 0 aliphatic rings. The highest BCUT2D eigenvalue weighted by Gasteiger charge is 2.25. The summed E-state index contributed by atoms with van der Waals surface area (Å²) in [6.07, 6.45) is 1.02. The van der Waals surface area contributed by atoms with Crippen molar-refractivity contribution in [2.24, 2.45) is 5.10 Å². The summed E-state index contributed by atoms with van der Waals surface area (Å²) in [5.41, 5.74) is 1.21. The maximum Gasteiger partial charge on any atom is 0.200 e. The summed E-state index contributed by atoms with van der Waals surface area (Å²) in [5.74, 6) is -9.78. The third-order valence-corrected chi connectivity index (χ3v) is 3.55. The predicted molar refractivity (Wildman–Crippen MR) is 86.6 cm³/mol. The Morgan fingerprint density at radius 1 is 0.885 bits per heavy atom. The number of hydrogen-bond donors (Lipinski definition) is 1. The van der Waals surface area contributed by atoms with Crippen molar-refractivity contribution >= 4 is 23.5 Å². The van der Waals surface area contributed by atoms with Crippen LogP contribution in [0.1, 0.15) is 5.76 Å². The van der Waals surface area contributed by atoms with Crippen LogP contribution < -0.4 is 5.43 Å². The van der Waals surface area contributed by atoms with Crippen LogP contribution in [0.25, 0.3) is 11.3 Å². The van der Waals surface area contributed by atoms with Crippen LogP contribution in [0.2, 0.25) is 5.02 Å². The molecule has 0 spiro atoms. The first-order valence-corrected chi connectivity index (χ1v) is 7.42. The lowest BCUT2D eigenvalue weighted by Crippen LogP contribution is -2.06. The van der Waals surface area contributed by atoms with Crippen molar-refractivity contribution in [2.75, 3.05) is 5.43 Å². The van der Waals surface area contributed by atoms with Gasteiger partial charge in [0.15, 0.2) is 23.3 Å². The van der Waals surface area contributed by atoms with Gasteiger partial charge in [0.25, 0.3) is 0 Å². The summed E-state index contributed by atoms with van der Waals surface area (Å²) in [4.78, 5) is 0. The van der Waals surface area contributed by atoms with E-state index in [1.165, 1.54) is 6.07 Å². The lowest BCUT2D eigenvalue weighted by Gasteiger charge is -2.06. The van der Waals surface area contributed by atoms with Gasteiger partial charge < -0.3 is 4.42 Å². The molecule has 3 aromatic rings. The van der Waals surface area contributed by atoms with E-state index in [4.69, 9.17) is 16.0 Å². The Kier molecular flexibility index (Phi) is 4.94. The third kappa shape index (κ3) is 3.41. The second kappa shape index (κ2) is 7.17. The van der Waals surface area contributed by atoms with Gasteiger partial charge in [-0.05, 0) is 24.3 Å². The van der Waals surface area contributed by atoms with Gasteiger partial charge in [0, 0.05) is 10.6 Å². The number of furan rings is 1. The first-order valence-electron chi connectivity index (χ1n) is 7.04. The van der Waals surface area contributed by atoms with Crippen molar-refractivity contribution in [2.45, 2.75) is 0 Å². The van der Waals surface area contributed by atoms with Gasteiger partial charge >= 0.3 is 0 Å². The van der Waals surface area contributed by atoms with Crippen LogP contribution >= 0.6 is 11.6 Å². The molecule has 0 bridgehead atoms. The fourth-order valence-corrected chi connectivity index (χ4v) is 2.27. The molecule has 0 saturated carbocycles. The summed E-state index contributed by atoms with van der Waals surface area (Å²) in [7, 11) is 0. The molecule has 0 saturated heterocycles. The van der Waals surface area contributed by atoms with Crippen molar-refractivity contribution in [3.05, 3.63) is 76.3 Å². The molecule has 0 amide bonds. The molecule has 9 heteroatoms. The molecule has 1 N–H and O–H groups in total. The third-order valence-electron chi connectivity index (χ3n) is 3.31. The van der Waals surface area contributed by atoms with E-state index in [2.05, 4.69) is 5.10 Å². The summed E-state index contributed by atoms with van der Waals surface area (Å²) in [6.45, 7) is 0. The van der Waals surface area contributed by atoms with Gasteiger partial charge in [-0.2, -0.15) is 5.10 Å². The van der Waals surface area contributed by atoms with Crippen molar-refractivity contribution in [1.82, 2.24) is 0 Å². The lowest BCUT2D eigenvalue weighted by molar-refractivity contribution is 0.381. The molecule has 134 valence electrons. The van der Waals surface area contributed by atoms with Gasteiger partial charge in [-0.25, -0.2) is 22.0 Å². The number of hydrazone groups is 1. The van der Waals surface area contributed by atoms with E-state index >= 15 is 0 Å². The molecule has 0 aliphatic heterocycles. The molecule has 1 aromatic heterocycles. The van der Waals surface area contributed by atoms with E-state index in [9.17, 15) is 22.0 Å². The normalized spacial score (nSPS) is 11.3. The standard InChI is InChI=1S/C17H8ClF5N2O/c18-9-3-1-2-8(6-9)11-5-4-10(26-11)7-24-25-17-15(22)13(20)12(19)14(21)16(17)23/h1-7,25H. The molecule has 0 unspecified atom stereocenters. The number of anilines is 1. The SMILES string of the molecule is Fc1c(F)c(F)c(NN=Cc2ccc(-c3cccc(Cl)c3)o2)c(F)c1F. The average Bonchev–Trinajstić information content (AvgIpc) is 3.10. The van der Waals surface area contributed by atoms with Crippen LogP contribution in [0.4, 0.5) is 27.6 Å². The number of nitrogens with one attached hydrogen (secondary N) is 1. The fraction of sp³-hybridized carbons (Fsp3) is 0. The summed E-state index contributed by atoms with van der Waals surface area (Å²) in [6, 6.07) is 9.92. The molecular weight excluding hydrogens is 379 g/mol.